The van der Waals surface area contributed by atoms with Crippen LogP contribution in [0.1, 0.15) is 48.4 Å². The van der Waals surface area contributed by atoms with Gasteiger partial charge in [-0.3, -0.25) is 19.7 Å². The van der Waals surface area contributed by atoms with Crippen LogP contribution in [-0.4, -0.2) is 27.0 Å². The van der Waals surface area contributed by atoms with Gasteiger partial charge in [-0.1, -0.05) is 43.0 Å². The number of ether oxygens (including phenoxy) is 1. The molecular weight excluding hydrogens is 496 g/mol. The second-order valence-electron chi connectivity index (χ2n) is 7.39. The molecular formula is C22H22N4O7S2. The summed E-state index contributed by atoms with van der Waals surface area (Å²) in [7, 11) is 0. The first-order valence-electron chi connectivity index (χ1n) is 10.6. The summed E-state index contributed by atoms with van der Waals surface area (Å²) in [4.78, 5) is 47.3. The van der Waals surface area contributed by atoms with Crippen LogP contribution < -0.4 is 15.5 Å². The number of carbonyl (C=O) groups excluding carboxylic acids is 2. The van der Waals surface area contributed by atoms with E-state index in [1.807, 2.05) is 13.8 Å². The van der Waals surface area contributed by atoms with Gasteiger partial charge in [0, 0.05) is 23.6 Å². The fraction of sp³-hybridized carbons (Fsp3) is 0.318. The number of carbonyl (C=O) groups is 2. The van der Waals surface area contributed by atoms with Gasteiger partial charge in [-0.15, -0.1) is 10.2 Å². The Morgan fingerprint density at radius 1 is 1.26 bits per heavy atom. The molecule has 0 aliphatic rings. The van der Waals surface area contributed by atoms with Gasteiger partial charge in [-0.05, 0) is 25.8 Å². The summed E-state index contributed by atoms with van der Waals surface area (Å²) in [6.45, 7) is 5.44. The number of nitro benzene ring substituents is 1. The molecule has 0 saturated carbocycles. The van der Waals surface area contributed by atoms with Gasteiger partial charge in [0.25, 0.3) is 5.69 Å². The molecule has 1 N–H and O–H groups in total. The molecule has 0 radical (unpaired) electrons. The van der Waals surface area contributed by atoms with Gasteiger partial charge >= 0.3 is 5.97 Å². The molecule has 0 spiro atoms. The number of nitrogens with zero attached hydrogens (tertiary/aromatic N) is 3. The lowest BCUT2D eigenvalue weighted by Crippen LogP contribution is -2.21. The lowest BCUT2D eigenvalue weighted by molar-refractivity contribution is -0.385. The van der Waals surface area contributed by atoms with E-state index in [9.17, 15) is 24.5 Å². The van der Waals surface area contributed by atoms with E-state index < -0.39 is 16.3 Å². The third-order valence-electron chi connectivity index (χ3n) is 5.03. The minimum absolute atomic E-state index is 0.0651. The third kappa shape index (κ3) is 6.73. The highest BCUT2D eigenvalue weighted by molar-refractivity contribution is 8.00. The number of hydrogen-bond donors (Lipinski definition) is 1. The maximum Gasteiger partial charge on any atom is 0.344 e. The van der Waals surface area contributed by atoms with Gasteiger partial charge in [-0.2, -0.15) is 0 Å². The molecule has 0 fully saturated rings. The van der Waals surface area contributed by atoms with Crippen LogP contribution >= 0.6 is 23.1 Å². The van der Waals surface area contributed by atoms with Crippen molar-refractivity contribution in [2.45, 2.75) is 43.7 Å². The molecule has 1 amide bonds. The molecule has 2 aromatic heterocycles. The first-order valence-corrected chi connectivity index (χ1v) is 12.4. The van der Waals surface area contributed by atoms with Crippen molar-refractivity contribution in [2.75, 3.05) is 5.32 Å². The molecule has 0 atom stereocenters. The number of amides is 1. The molecule has 0 unspecified atom stereocenters. The van der Waals surface area contributed by atoms with Crippen LogP contribution in [0.2, 0.25) is 0 Å². The lowest BCUT2D eigenvalue weighted by Gasteiger charge is -2.09. The molecule has 3 rings (SSSR count). The zero-order chi connectivity index (χ0) is 25.5. The summed E-state index contributed by atoms with van der Waals surface area (Å²) in [6, 6.07) is 5.08. The van der Waals surface area contributed by atoms with E-state index in [2.05, 4.69) is 15.5 Å². The number of rotatable bonds is 10. The summed E-state index contributed by atoms with van der Waals surface area (Å²) in [5.41, 5.74) is -0.486. The third-order valence-corrected chi connectivity index (χ3v) is 7.02. The van der Waals surface area contributed by atoms with Crippen molar-refractivity contribution in [3.8, 4) is 5.75 Å². The Kier molecular flexibility index (Phi) is 8.71. The maximum atomic E-state index is 12.4. The summed E-state index contributed by atoms with van der Waals surface area (Å²) in [6.07, 6.45) is 2.48. The second-order valence-corrected chi connectivity index (χ2v) is 9.59. The smallest absolute Gasteiger partial charge is 0.344 e. The zero-order valence-electron chi connectivity index (χ0n) is 19.1. The highest BCUT2D eigenvalue weighted by Gasteiger charge is 2.19. The van der Waals surface area contributed by atoms with Crippen molar-refractivity contribution in [3.63, 3.8) is 0 Å². The Hall–Kier alpha value is -3.58. The van der Waals surface area contributed by atoms with Crippen molar-refractivity contribution in [1.29, 1.82) is 0 Å². The van der Waals surface area contributed by atoms with Gasteiger partial charge in [0.15, 0.2) is 4.34 Å². The first-order chi connectivity index (χ1) is 16.7. The molecule has 0 bridgehead atoms. The number of aromatic nitrogens is 2. The predicted octanol–water partition coefficient (Wildman–Crippen LogP) is 4.59. The Morgan fingerprint density at radius 2 is 2.00 bits per heavy atom. The number of nitrogens with one attached hydrogen (secondary N) is 1. The van der Waals surface area contributed by atoms with Gasteiger partial charge in [0.05, 0.1) is 16.2 Å². The quantitative estimate of drug-likeness (QED) is 0.132. The maximum absolute atomic E-state index is 12.4. The average molecular weight is 519 g/mol. The number of esters is 1. The zero-order valence-corrected chi connectivity index (χ0v) is 20.7. The van der Waals surface area contributed by atoms with E-state index in [0.29, 0.717) is 20.8 Å². The molecule has 0 aliphatic heterocycles. The molecule has 35 heavy (non-hydrogen) atoms. The number of aryl methyl sites for hydroxylation is 1. The largest absolute Gasteiger partial charge is 0.464 e. The summed E-state index contributed by atoms with van der Waals surface area (Å²) < 4.78 is 11.0. The topological polar surface area (TPSA) is 155 Å². The van der Waals surface area contributed by atoms with Crippen molar-refractivity contribution >= 4 is 45.8 Å². The summed E-state index contributed by atoms with van der Waals surface area (Å²) in [5.74, 6) is -0.878. The number of nitro groups is 1. The van der Waals surface area contributed by atoms with Crippen LogP contribution in [0.5, 0.6) is 5.75 Å². The van der Waals surface area contributed by atoms with E-state index in [1.165, 1.54) is 41.3 Å². The monoisotopic (exact) mass is 518 g/mol. The molecule has 11 nitrogen and oxygen atoms in total. The summed E-state index contributed by atoms with van der Waals surface area (Å²) >= 11 is 2.47. The second kappa shape index (κ2) is 11.7. The SMILES string of the molecule is CCC(CC)C(=O)Nc1nnc(SCc2cc(=O)c(OC(=O)c3ccc(C)c([N+](=O)[O-])c3)co2)s1. The van der Waals surface area contributed by atoms with Crippen molar-refractivity contribution in [3.05, 3.63) is 67.8 Å². The van der Waals surface area contributed by atoms with Crippen LogP contribution in [0.15, 0.2) is 44.1 Å². The number of benzene rings is 1. The van der Waals surface area contributed by atoms with Gasteiger partial charge in [0.2, 0.25) is 22.2 Å². The van der Waals surface area contributed by atoms with Crippen molar-refractivity contribution in [1.82, 2.24) is 10.2 Å². The molecule has 13 heteroatoms. The fourth-order valence-corrected chi connectivity index (χ4v) is 4.64. The minimum Gasteiger partial charge on any atom is -0.464 e. The van der Waals surface area contributed by atoms with Gasteiger partial charge < -0.3 is 14.5 Å². The average Bonchev–Trinajstić information content (AvgIpc) is 3.27. The van der Waals surface area contributed by atoms with Crippen molar-refractivity contribution in [2.24, 2.45) is 5.92 Å². The van der Waals surface area contributed by atoms with E-state index in [0.717, 1.165) is 25.2 Å². The Bertz CT molecular complexity index is 1300. The van der Waals surface area contributed by atoms with Crippen LogP contribution in [0.25, 0.3) is 0 Å². The van der Waals surface area contributed by atoms with Crippen LogP contribution in [0.3, 0.4) is 0 Å². The summed E-state index contributed by atoms with van der Waals surface area (Å²) in [5, 5.41) is 22.2. The molecule has 184 valence electrons. The van der Waals surface area contributed by atoms with E-state index in [4.69, 9.17) is 9.15 Å². The lowest BCUT2D eigenvalue weighted by atomic mass is 10.0. The van der Waals surface area contributed by atoms with E-state index in [1.54, 1.807) is 6.92 Å². The molecule has 0 saturated heterocycles. The number of anilines is 1. The van der Waals surface area contributed by atoms with Crippen LogP contribution in [-0.2, 0) is 10.5 Å². The molecule has 0 aliphatic carbocycles. The highest BCUT2D eigenvalue weighted by Crippen LogP contribution is 2.29. The Labute approximate surface area is 208 Å². The minimum atomic E-state index is -0.917. The number of thioether (sulfide) groups is 1. The van der Waals surface area contributed by atoms with Crippen LogP contribution in [0, 0.1) is 23.0 Å². The highest BCUT2D eigenvalue weighted by atomic mass is 32.2. The van der Waals surface area contributed by atoms with E-state index in [-0.39, 0.29) is 34.6 Å². The molecule has 2 heterocycles. The molecule has 3 aromatic rings. The Morgan fingerprint density at radius 3 is 2.66 bits per heavy atom. The normalized spacial score (nSPS) is 10.9. The Balaban J connectivity index is 1.60. The standard InChI is InChI=1S/C22H22N4O7S2/c1-4-13(5-2)19(28)23-21-24-25-22(35-21)34-11-15-9-17(27)18(10-32-15)33-20(29)14-7-6-12(3)16(8-14)26(30)31/h6-10,13H,4-5,11H2,1-3H3,(H,23,24,28). The predicted molar refractivity (Wildman–Crippen MR) is 130 cm³/mol. The van der Waals surface area contributed by atoms with Gasteiger partial charge in [-0.25, -0.2) is 4.79 Å². The first kappa shape index (κ1) is 26.0. The van der Waals surface area contributed by atoms with Gasteiger partial charge in [0.1, 0.15) is 12.0 Å². The van der Waals surface area contributed by atoms with Crippen molar-refractivity contribution < 1.29 is 23.7 Å². The van der Waals surface area contributed by atoms with E-state index >= 15 is 0 Å². The fourth-order valence-electron chi connectivity index (χ4n) is 3.00. The molecule has 1 aromatic carbocycles. The number of hydrogen-bond acceptors (Lipinski definition) is 11. The van der Waals surface area contributed by atoms with Crippen LogP contribution in [0.4, 0.5) is 10.8 Å².